The molecule has 1 unspecified atom stereocenters. The van der Waals surface area contributed by atoms with E-state index < -0.39 is 0 Å². The first-order valence-corrected chi connectivity index (χ1v) is 9.65. The molecule has 0 fully saturated rings. The molecule has 0 amide bonds. The number of nitrogens with two attached hydrogens (primary N) is 1. The Balaban J connectivity index is 1.91. The van der Waals surface area contributed by atoms with Crippen LogP contribution < -0.4 is 10.5 Å². The molecule has 23 heavy (non-hydrogen) atoms. The van der Waals surface area contributed by atoms with Crippen molar-refractivity contribution < 1.29 is 4.74 Å². The van der Waals surface area contributed by atoms with E-state index in [-0.39, 0.29) is 6.04 Å². The molecule has 0 aliphatic carbocycles. The molecule has 3 rings (SSSR count). The second-order valence-corrected chi connectivity index (χ2v) is 7.04. The topological polar surface area (TPSA) is 78.3 Å². The Morgan fingerprint density at radius 2 is 2.30 bits per heavy atom. The minimum Gasteiger partial charge on any atom is -0.497 e. The molecule has 2 aromatic rings. The number of aromatic nitrogens is 3. The highest BCUT2D eigenvalue weighted by atomic mass is 32.2. The Morgan fingerprint density at radius 1 is 1.43 bits per heavy atom. The number of methoxy groups -OCH3 is 1. The summed E-state index contributed by atoms with van der Waals surface area (Å²) in [6.07, 6.45) is 2.93. The van der Waals surface area contributed by atoms with E-state index in [2.05, 4.69) is 16.5 Å². The van der Waals surface area contributed by atoms with Crippen LogP contribution in [0.1, 0.15) is 23.9 Å². The lowest BCUT2D eigenvalue weighted by Crippen LogP contribution is -2.20. The number of thioether (sulfide) groups is 2. The van der Waals surface area contributed by atoms with Crippen molar-refractivity contribution in [1.82, 2.24) is 14.9 Å². The van der Waals surface area contributed by atoms with Gasteiger partial charge >= 0.3 is 0 Å². The quantitative estimate of drug-likeness (QED) is 0.863. The highest BCUT2D eigenvalue weighted by Crippen LogP contribution is 2.27. The van der Waals surface area contributed by atoms with Crippen molar-refractivity contribution >= 4 is 29.2 Å². The van der Waals surface area contributed by atoms with E-state index in [1.54, 1.807) is 35.3 Å². The minimum atomic E-state index is -0.155. The molecule has 1 aromatic heterocycles. The molecule has 0 saturated heterocycles. The van der Waals surface area contributed by atoms with Gasteiger partial charge in [-0.3, -0.25) is 0 Å². The van der Waals surface area contributed by atoms with Crippen LogP contribution in [0.25, 0.3) is 0 Å². The van der Waals surface area contributed by atoms with Crippen molar-refractivity contribution in [3.8, 4) is 5.75 Å². The van der Waals surface area contributed by atoms with Gasteiger partial charge in [-0.25, -0.2) is 0 Å². The van der Waals surface area contributed by atoms with Crippen LogP contribution >= 0.6 is 23.5 Å². The van der Waals surface area contributed by atoms with E-state index in [1.807, 2.05) is 24.3 Å². The van der Waals surface area contributed by atoms with Gasteiger partial charge in [0.05, 0.1) is 18.9 Å². The summed E-state index contributed by atoms with van der Waals surface area (Å²) in [5.74, 6) is 3.29. The van der Waals surface area contributed by atoms with E-state index in [4.69, 9.17) is 15.6 Å². The largest absolute Gasteiger partial charge is 0.497 e. The molecule has 1 atom stereocenters. The molecular formula is C15H19N5OS2. The van der Waals surface area contributed by atoms with E-state index in [0.29, 0.717) is 0 Å². The second kappa shape index (κ2) is 7.37. The molecule has 2 heterocycles. The van der Waals surface area contributed by atoms with Crippen LogP contribution in [0.2, 0.25) is 0 Å². The highest BCUT2D eigenvalue weighted by molar-refractivity contribution is 7.99. The van der Waals surface area contributed by atoms with Gasteiger partial charge in [-0.15, -0.1) is 10.2 Å². The summed E-state index contributed by atoms with van der Waals surface area (Å²) in [6.45, 7) is 0. The van der Waals surface area contributed by atoms with Crippen molar-refractivity contribution in [1.29, 1.82) is 0 Å². The fourth-order valence-corrected chi connectivity index (χ4v) is 3.63. The Labute approximate surface area is 143 Å². The van der Waals surface area contributed by atoms with Crippen LogP contribution in [0.5, 0.6) is 5.75 Å². The van der Waals surface area contributed by atoms with Gasteiger partial charge in [0.15, 0.2) is 5.82 Å². The van der Waals surface area contributed by atoms with Crippen LogP contribution in [-0.4, -0.2) is 45.5 Å². The van der Waals surface area contributed by atoms with Gasteiger partial charge in [0.25, 0.3) is 0 Å². The summed E-state index contributed by atoms with van der Waals surface area (Å²) in [5, 5.41) is 14.0. The fraction of sp³-hybridized carbons (Fsp3) is 0.400. The third-order valence-electron chi connectivity index (χ3n) is 3.56. The van der Waals surface area contributed by atoms with Gasteiger partial charge in [-0.05, 0) is 30.6 Å². The predicted molar refractivity (Wildman–Crippen MR) is 95.6 cm³/mol. The maximum atomic E-state index is 6.24. The van der Waals surface area contributed by atoms with Gasteiger partial charge in [0.1, 0.15) is 5.75 Å². The molecule has 6 nitrogen and oxygen atoms in total. The summed E-state index contributed by atoms with van der Waals surface area (Å²) in [7, 11) is 1.66. The molecule has 2 N–H and O–H groups in total. The Morgan fingerprint density at radius 3 is 3.09 bits per heavy atom. The number of benzene rings is 1. The SMILES string of the molecule is COc1cccc(C2=Nn3c(nnc3C(N)CCSC)SC2)c1. The van der Waals surface area contributed by atoms with Crippen molar-refractivity contribution in [3.05, 3.63) is 35.7 Å². The van der Waals surface area contributed by atoms with Gasteiger partial charge < -0.3 is 10.5 Å². The van der Waals surface area contributed by atoms with Gasteiger partial charge in [0.2, 0.25) is 5.16 Å². The molecule has 1 aromatic carbocycles. The van der Waals surface area contributed by atoms with Crippen molar-refractivity contribution in [3.63, 3.8) is 0 Å². The Hall–Kier alpha value is -1.51. The standard InChI is InChI=1S/C15H19N5OS2/c1-21-11-5-3-4-10(8-11)13-9-23-15-18-17-14(20(15)19-13)12(16)6-7-22-2/h3-5,8,12H,6-7,9,16H2,1-2H3. The van der Waals surface area contributed by atoms with Crippen LogP contribution in [0.4, 0.5) is 0 Å². The van der Waals surface area contributed by atoms with E-state index >= 15 is 0 Å². The molecular weight excluding hydrogens is 330 g/mol. The summed E-state index contributed by atoms with van der Waals surface area (Å²) in [6, 6.07) is 7.76. The molecule has 0 spiro atoms. The van der Waals surface area contributed by atoms with Gasteiger partial charge in [-0.1, -0.05) is 23.9 Å². The average molecular weight is 349 g/mol. The van der Waals surface area contributed by atoms with Crippen LogP contribution in [0.15, 0.2) is 34.5 Å². The fourth-order valence-electron chi connectivity index (χ4n) is 2.29. The third kappa shape index (κ3) is 3.54. The maximum Gasteiger partial charge on any atom is 0.212 e. The first-order valence-electron chi connectivity index (χ1n) is 7.28. The first-order chi connectivity index (χ1) is 11.2. The van der Waals surface area contributed by atoms with Crippen LogP contribution in [0, 0.1) is 0 Å². The van der Waals surface area contributed by atoms with Crippen molar-refractivity contribution in [2.45, 2.75) is 17.6 Å². The maximum absolute atomic E-state index is 6.24. The highest BCUT2D eigenvalue weighted by Gasteiger charge is 2.23. The van der Waals surface area contributed by atoms with Gasteiger partial charge in [-0.2, -0.15) is 21.5 Å². The van der Waals surface area contributed by atoms with Crippen LogP contribution in [-0.2, 0) is 0 Å². The molecule has 0 saturated carbocycles. The zero-order valence-corrected chi connectivity index (χ0v) is 14.7. The molecule has 1 aliphatic heterocycles. The number of nitrogens with zero attached hydrogens (tertiary/aromatic N) is 4. The smallest absolute Gasteiger partial charge is 0.212 e. The minimum absolute atomic E-state index is 0.155. The average Bonchev–Trinajstić information content (AvgIpc) is 3.03. The lowest BCUT2D eigenvalue weighted by atomic mass is 10.1. The summed E-state index contributed by atoms with van der Waals surface area (Å²) in [5.41, 5.74) is 8.26. The lowest BCUT2D eigenvalue weighted by molar-refractivity contribution is 0.414. The van der Waals surface area contributed by atoms with E-state index in [9.17, 15) is 0 Å². The zero-order valence-electron chi connectivity index (χ0n) is 13.1. The van der Waals surface area contributed by atoms with Gasteiger partial charge in [0, 0.05) is 11.3 Å². The molecule has 1 aliphatic rings. The third-order valence-corrected chi connectivity index (χ3v) is 5.14. The molecule has 0 radical (unpaired) electrons. The van der Waals surface area contributed by atoms with Crippen LogP contribution in [0.3, 0.4) is 0 Å². The van der Waals surface area contributed by atoms with E-state index in [0.717, 1.165) is 45.9 Å². The number of hydrogen-bond donors (Lipinski definition) is 1. The summed E-state index contributed by atoms with van der Waals surface area (Å²) >= 11 is 3.40. The number of fused-ring (bicyclic) bond motifs is 1. The second-order valence-electron chi connectivity index (χ2n) is 5.11. The monoisotopic (exact) mass is 349 g/mol. The Bertz CT molecular complexity index is 716. The van der Waals surface area contributed by atoms with Crippen molar-refractivity contribution in [2.75, 3.05) is 24.9 Å². The number of rotatable bonds is 6. The molecule has 8 heteroatoms. The summed E-state index contributed by atoms with van der Waals surface area (Å²) < 4.78 is 7.08. The Kier molecular flexibility index (Phi) is 5.24. The molecule has 122 valence electrons. The summed E-state index contributed by atoms with van der Waals surface area (Å²) in [4.78, 5) is 0. The lowest BCUT2D eigenvalue weighted by Gasteiger charge is -2.16. The first kappa shape index (κ1) is 16.4. The van der Waals surface area contributed by atoms with E-state index in [1.165, 1.54) is 0 Å². The number of hydrogen-bond acceptors (Lipinski definition) is 7. The number of ether oxygens (including phenoxy) is 1. The molecule has 0 bridgehead atoms. The normalized spacial score (nSPS) is 15.0. The zero-order chi connectivity index (χ0) is 16.2. The van der Waals surface area contributed by atoms with Crippen molar-refractivity contribution in [2.24, 2.45) is 10.8 Å². The predicted octanol–water partition coefficient (Wildman–Crippen LogP) is 2.40.